The summed E-state index contributed by atoms with van der Waals surface area (Å²) in [7, 11) is 0. The standard InChI is InChI=1S/C15H12F2O3/c16-11-5-4-9(8-12(11)17)14(18)10-2-1-3-13-15(10)20-7-6-19-13/h1-5,8,14,18H,6-7H2. The molecule has 20 heavy (non-hydrogen) atoms. The van der Waals surface area contributed by atoms with E-state index in [4.69, 9.17) is 9.47 Å². The molecule has 5 heteroatoms. The molecule has 1 atom stereocenters. The molecule has 104 valence electrons. The molecule has 0 aromatic heterocycles. The fourth-order valence-corrected chi connectivity index (χ4v) is 2.17. The van der Waals surface area contributed by atoms with Gasteiger partial charge < -0.3 is 14.6 Å². The van der Waals surface area contributed by atoms with Crippen LogP contribution in [0.4, 0.5) is 8.78 Å². The molecule has 2 aromatic carbocycles. The molecule has 1 N–H and O–H groups in total. The number of fused-ring (bicyclic) bond motifs is 1. The molecular formula is C15H12F2O3. The van der Waals surface area contributed by atoms with Gasteiger partial charge in [0.1, 0.15) is 19.3 Å². The van der Waals surface area contributed by atoms with Crippen molar-refractivity contribution in [2.45, 2.75) is 6.10 Å². The molecular weight excluding hydrogens is 266 g/mol. The van der Waals surface area contributed by atoms with Crippen molar-refractivity contribution in [3.05, 3.63) is 59.2 Å². The molecule has 0 aliphatic carbocycles. The number of aliphatic hydroxyl groups excluding tert-OH is 1. The van der Waals surface area contributed by atoms with Gasteiger partial charge in [-0.05, 0) is 23.8 Å². The zero-order chi connectivity index (χ0) is 14.1. The lowest BCUT2D eigenvalue weighted by Crippen LogP contribution is -2.17. The predicted molar refractivity (Wildman–Crippen MR) is 67.9 cm³/mol. The Morgan fingerprint density at radius 3 is 2.60 bits per heavy atom. The molecule has 2 aromatic rings. The van der Waals surface area contributed by atoms with Crippen molar-refractivity contribution in [2.75, 3.05) is 13.2 Å². The van der Waals surface area contributed by atoms with Gasteiger partial charge >= 0.3 is 0 Å². The minimum absolute atomic E-state index is 0.256. The number of ether oxygens (including phenoxy) is 2. The highest BCUT2D eigenvalue weighted by atomic mass is 19.2. The molecule has 0 radical (unpaired) electrons. The third-order valence-electron chi connectivity index (χ3n) is 3.15. The van der Waals surface area contributed by atoms with Gasteiger partial charge in [0.05, 0.1) is 0 Å². The first-order valence-corrected chi connectivity index (χ1v) is 6.18. The van der Waals surface area contributed by atoms with Gasteiger partial charge in [-0.25, -0.2) is 8.78 Å². The van der Waals surface area contributed by atoms with Gasteiger partial charge in [-0.15, -0.1) is 0 Å². The third kappa shape index (κ3) is 2.20. The summed E-state index contributed by atoms with van der Waals surface area (Å²) < 4.78 is 37.1. The van der Waals surface area contributed by atoms with Crippen molar-refractivity contribution in [3.63, 3.8) is 0 Å². The number of hydrogen-bond donors (Lipinski definition) is 1. The molecule has 0 spiro atoms. The maximum Gasteiger partial charge on any atom is 0.167 e. The largest absolute Gasteiger partial charge is 0.486 e. The van der Waals surface area contributed by atoms with Gasteiger partial charge in [0.15, 0.2) is 23.1 Å². The smallest absolute Gasteiger partial charge is 0.167 e. The van der Waals surface area contributed by atoms with Gasteiger partial charge in [0, 0.05) is 5.56 Å². The van der Waals surface area contributed by atoms with Crippen LogP contribution in [-0.2, 0) is 0 Å². The summed E-state index contributed by atoms with van der Waals surface area (Å²) in [5.74, 6) is -0.967. The van der Waals surface area contributed by atoms with Gasteiger partial charge in [-0.3, -0.25) is 0 Å². The lowest BCUT2D eigenvalue weighted by atomic mass is 10.00. The van der Waals surface area contributed by atoms with Gasteiger partial charge in [0.25, 0.3) is 0 Å². The summed E-state index contributed by atoms with van der Waals surface area (Å²) in [6.45, 7) is 0.826. The Kier molecular flexibility index (Phi) is 3.28. The Morgan fingerprint density at radius 1 is 1.00 bits per heavy atom. The second kappa shape index (κ2) is 5.09. The summed E-state index contributed by atoms with van der Waals surface area (Å²) in [4.78, 5) is 0. The number of para-hydroxylation sites is 1. The number of hydrogen-bond acceptors (Lipinski definition) is 3. The Balaban J connectivity index is 2.02. The number of benzene rings is 2. The van der Waals surface area contributed by atoms with E-state index in [0.717, 1.165) is 12.1 Å². The Hall–Kier alpha value is -2.14. The van der Waals surface area contributed by atoms with Crippen molar-refractivity contribution in [3.8, 4) is 11.5 Å². The summed E-state index contributed by atoms with van der Waals surface area (Å²) in [6, 6.07) is 8.41. The van der Waals surface area contributed by atoms with Crippen LogP contribution in [0.15, 0.2) is 36.4 Å². The number of rotatable bonds is 2. The lowest BCUT2D eigenvalue weighted by Gasteiger charge is -2.23. The average Bonchev–Trinajstić information content (AvgIpc) is 2.49. The maximum absolute atomic E-state index is 13.3. The van der Waals surface area contributed by atoms with Crippen LogP contribution in [0, 0.1) is 11.6 Å². The molecule has 0 amide bonds. The first-order chi connectivity index (χ1) is 9.66. The topological polar surface area (TPSA) is 38.7 Å². The molecule has 1 heterocycles. The normalized spacial score (nSPS) is 14.9. The fraction of sp³-hybridized carbons (Fsp3) is 0.200. The van der Waals surface area contributed by atoms with Crippen LogP contribution in [0.3, 0.4) is 0 Å². The van der Waals surface area contributed by atoms with Crippen molar-refractivity contribution in [2.24, 2.45) is 0 Å². The van der Waals surface area contributed by atoms with Crippen molar-refractivity contribution in [1.29, 1.82) is 0 Å². The lowest BCUT2D eigenvalue weighted by molar-refractivity contribution is 0.158. The molecule has 3 nitrogen and oxygen atoms in total. The predicted octanol–water partition coefficient (Wildman–Crippen LogP) is 2.82. The van der Waals surface area contributed by atoms with E-state index < -0.39 is 17.7 Å². The fourth-order valence-electron chi connectivity index (χ4n) is 2.17. The van der Waals surface area contributed by atoms with E-state index in [9.17, 15) is 13.9 Å². The van der Waals surface area contributed by atoms with Crippen molar-refractivity contribution in [1.82, 2.24) is 0 Å². The van der Waals surface area contributed by atoms with Crippen LogP contribution >= 0.6 is 0 Å². The van der Waals surface area contributed by atoms with Gasteiger partial charge in [0.2, 0.25) is 0 Å². The maximum atomic E-state index is 13.3. The van der Waals surface area contributed by atoms with Crippen LogP contribution in [0.1, 0.15) is 17.2 Å². The first-order valence-electron chi connectivity index (χ1n) is 6.18. The molecule has 1 aliphatic heterocycles. The Bertz CT molecular complexity index is 643. The highest BCUT2D eigenvalue weighted by Crippen LogP contribution is 2.39. The van der Waals surface area contributed by atoms with Crippen LogP contribution in [0.5, 0.6) is 11.5 Å². The Morgan fingerprint density at radius 2 is 1.80 bits per heavy atom. The van der Waals surface area contributed by atoms with Crippen LogP contribution < -0.4 is 9.47 Å². The minimum Gasteiger partial charge on any atom is -0.486 e. The zero-order valence-electron chi connectivity index (χ0n) is 10.5. The summed E-state index contributed by atoms with van der Waals surface area (Å²) in [5.41, 5.74) is 0.722. The van der Waals surface area contributed by atoms with E-state index in [0.29, 0.717) is 30.3 Å². The SMILES string of the molecule is OC(c1ccc(F)c(F)c1)c1cccc2c1OCCO2. The molecule has 0 saturated carbocycles. The zero-order valence-corrected chi connectivity index (χ0v) is 10.5. The molecule has 0 bridgehead atoms. The van der Waals surface area contributed by atoms with Gasteiger partial charge in [-0.1, -0.05) is 18.2 Å². The average molecular weight is 278 g/mol. The van der Waals surface area contributed by atoms with Crippen LogP contribution in [0.2, 0.25) is 0 Å². The monoisotopic (exact) mass is 278 g/mol. The second-order valence-corrected chi connectivity index (χ2v) is 4.45. The van der Waals surface area contributed by atoms with Crippen LogP contribution in [0.25, 0.3) is 0 Å². The van der Waals surface area contributed by atoms with E-state index >= 15 is 0 Å². The van der Waals surface area contributed by atoms with Gasteiger partial charge in [-0.2, -0.15) is 0 Å². The molecule has 0 fully saturated rings. The number of aliphatic hydroxyl groups is 1. The van der Waals surface area contributed by atoms with Crippen molar-refractivity contribution >= 4 is 0 Å². The van der Waals surface area contributed by atoms with Crippen LogP contribution in [-0.4, -0.2) is 18.3 Å². The Labute approximate surface area is 114 Å². The highest BCUT2D eigenvalue weighted by molar-refractivity contribution is 5.50. The third-order valence-corrected chi connectivity index (χ3v) is 3.15. The van der Waals surface area contributed by atoms with E-state index in [-0.39, 0.29) is 5.56 Å². The molecule has 3 rings (SSSR count). The highest BCUT2D eigenvalue weighted by Gasteiger charge is 2.22. The number of halogens is 2. The van der Waals surface area contributed by atoms with E-state index in [1.54, 1.807) is 18.2 Å². The first kappa shape index (κ1) is 12.9. The van der Waals surface area contributed by atoms with E-state index in [1.165, 1.54) is 6.07 Å². The minimum atomic E-state index is -1.11. The summed E-state index contributed by atoms with van der Waals surface area (Å²) in [6.07, 6.45) is -1.11. The molecule has 0 saturated heterocycles. The van der Waals surface area contributed by atoms with E-state index in [1.807, 2.05) is 0 Å². The molecule has 1 unspecified atom stereocenters. The second-order valence-electron chi connectivity index (χ2n) is 4.45. The molecule has 1 aliphatic rings. The summed E-state index contributed by atoms with van der Waals surface area (Å²) in [5, 5.41) is 10.3. The van der Waals surface area contributed by atoms with Crippen molar-refractivity contribution < 1.29 is 23.4 Å². The quantitative estimate of drug-likeness (QED) is 0.918. The summed E-state index contributed by atoms with van der Waals surface area (Å²) >= 11 is 0. The van der Waals surface area contributed by atoms with E-state index in [2.05, 4.69) is 0 Å².